The predicted molar refractivity (Wildman–Crippen MR) is 75.8 cm³/mol. The Morgan fingerprint density at radius 1 is 0.833 bits per heavy atom. The standard InChI is InChI=1S/C15H21O8.Y/c1-3-13(17)21-9-15(19)23-12-6-4-11(5-7-12)22-14(18)8-20-10(2)16;/h11-12H,2-9H2,1H3;/q-1;. The zero-order valence-electron chi connectivity index (χ0n) is 13.7. The summed E-state index contributed by atoms with van der Waals surface area (Å²) >= 11 is 0. The van der Waals surface area contributed by atoms with Crippen LogP contribution < -0.4 is 0 Å². The van der Waals surface area contributed by atoms with Crippen LogP contribution >= 0.6 is 0 Å². The molecule has 1 aliphatic rings. The molecule has 0 saturated heterocycles. The second-order valence-corrected chi connectivity index (χ2v) is 5.05. The molecule has 8 nitrogen and oxygen atoms in total. The monoisotopic (exact) mass is 418 g/mol. The van der Waals surface area contributed by atoms with Crippen LogP contribution in [0.2, 0.25) is 0 Å². The van der Waals surface area contributed by atoms with Gasteiger partial charge in [0.15, 0.2) is 19.2 Å². The average Bonchev–Trinajstić information content (AvgIpc) is 2.52. The minimum Gasteiger partial charge on any atom is -0.477 e. The SMILES string of the molecule is [CH2-]C(=O)OCC(=O)OC1CCC(OC(=O)COC(=O)CC)CC1.[Y]. The first-order chi connectivity index (χ1) is 10.9. The summed E-state index contributed by atoms with van der Waals surface area (Å²) in [6, 6.07) is 0. The molecule has 1 saturated carbocycles. The van der Waals surface area contributed by atoms with Gasteiger partial charge in [0.05, 0.1) is 0 Å². The second-order valence-electron chi connectivity index (χ2n) is 5.05. The van der Waals surface area contributed by atoms with E-state index in [0.29, 0.717) is 25.7 Å². The van der Waals surface area contributed by atoms with E-state index in [1.807, 2.05) is 0 Å². The molecule has 0 aliphatic heterocycles. The number of carbonyl (C=O) groups excluding carboxylic acids is 4. The third kappa shape index (κ3) is 9.87. The van der Waals surface area contributed by atoms with E-state index in [1.54, 1.807) is 6.92 Å². The minimum absolute atomic E-state index is 0. The fourth-order valence-electron chi connectivity index (χ4n) is 2.09. The van der Waals surface area contributed by atoms with Crippen LogP contribution in [0.15, 0.2) is 0 Å². The van der Waals surface area contributed by atoms with Crippen molar-refractivity contribution in [2.45, 2.75) is 51.2 Å². The summed E-state index contributed by atoms with van der Waals surface area (Å²) in [7, 11) is 0. The molecule has 0 aromatic heterocycles. The van der Waals surface area contributed by atoms with Gasteiger partial charge in [-0.2, -0.15) is 0 Å². The van der Waals surface area contributed by atoms with E-state index in [4.69, 9.17) is 9.47 Å². The van der Waals surface area contributed by atoms with Gasteiger partial charge in [-0.05, 0) is 25.7 Å². The Morgan fingerprint density at radius 2 is 1.25 bits per heavy atom. The van der Waals surface area contributed by atoms with Crippen molar-refractivity contribution in [3.8, 4) is 0 Å². The molecule has 0 bridgehead atoms. The number of esters is 4. The normalized spacial score (nSPS) is 19.4. The maximum Gasteiger partial charge on any atom is 0.344 e. The van der Waals surface area contributed by atoms with Crippen LogP contribution in [0.5, 0.6) is 0 Å². The first-order valence-corrected chi connectivity index (χ1v) is 7.44. The van der Waals surface area contributed by atoms with E-state index >= 15 is 0 Å². The molecule has 1 fully saturated rings. The summed E-state index contributed by atoms with van der Waals surface area (Å²) in [6.45, 7) is 3.76. The fourth-order valence-corrected chi connectivity index (χ4v) is 2.09. The van der Waals surface area contributed by atoms with Crippen molar-refractivity contribution in [1.29, 1.82) is 0 Å². The van der Waals surface area contributed by atoms with Crippen molar-refractivity contribution in [2.75, 3.05) is 13.2 Å². The molecule has 0 spiro atoms. The van der Waals surface area contributed by atoms with E-state index in [2.05, 4.69) is 16.4 Å². The van der Waals surface area contributed by atoms with Gasteiger partial charge in [0.1, 0.15) is 12.2 Å². The molecule has 24 heavy (non-hydrogen) atoms. The summed E-state index contributed by atoms with van der Waals surface area (Å²) in [5, 5.41) is 0. The molecule has 1 rings (SSSR count). The molecule has 0 unspecified atom stereocenters. The number of ether oxygens (including phenoxy) is 4. The van der Waals surface area contributed by atoms with Crippen molar-refractivity contribution < 1.29 is 70.8 Å². The number of hydrogen-bond donors (Lipinski definition) is 0. The molecular weight excluding hydrogens is 397 g/mol. The van der Waals surface area contributed by atoms with Crippen LogP contribution in [-0.2, 0) is 70.8 Å². The molecule has 133 valence electrons. The van der Waals surface area contributed by atoms with Crippen LogP contribution in [0.3, 0.4) is 0 Å². The molecule has 1 radical (unpaired) electrons. The Bertz CT molecular complexity index is 443. The number of rotatable bonds is 7. The minimum atomic E-state index is -0.790. The van der Waals surface area contributed by atoms with Crippen molar-refractivity contribution in [1.82, 2.24) is 0 Å². The third-order valence-electron chi connectivity index (χ3n) is 3.21. The van der Waals surface area contributed by atoms with Crippen LogP contribution in [-0.4, -0.2) is 49.3 Å². The molecule has 0 heterocycles. The largest absolute Gasteiger partial charge is 0.477 e. The molecule has 0 atom stereocenters. The smallest absolute Gasteiger partial charge is 0.344 e. The predicted octanol–water partition coefficient (Wildman–Crippen LogP) is 0.712. The Morgan fingerprint density at radius 3 is 1.62 bits per heavy atom. The van der Waals surface area contributed by atoms with Gasteiger partial charge in [-0.1, -0.05) is 6.92 Å². The summed E-state index contributed by atoms with van der Waals surface area (Å²) < 4.78 is 19.4. The quantitative estimate of drug-likeness (QED) is 0.338. The van der Waals surface area contributed by atoms with Gasteiger partial charge < -0.3 is 18.9 Å². The topological polar surface area (TPSA) is 105 Å². The van der Waals surface area contributed by atoms with Crippen LogP contribution in [0.4, 0.5) is 0 Å². The van der Waals surface area contributed by atoms with Gasteiger partial charge in [0.25, 0.3) is 0 Å². The third-order valence-corrected chi connectivity index (χ3v) is 3.21. The van der Waals surface area contributed by atoms with Crippen LogP contribution in [0.25, 0.3) is 0 Å². The Kier molecular flexibility index (Phi) is 11.7. The van der Waals surface area contributed by atoms with Gasteiger partial charge >= 0.3 is 17.9 Å². The van der Waals surface area contributed by atoms with Gasteiger partial charge in [-0.3, -0.25) is 16.5 Å². The molecule has 9 heteroatoms. The van der Waals surface area contributed by atoms with Crippen molar-refractivity contribution >= 4 is 23.9 Å². The molecule has 1 aliphatic carbocycles. The van der Waals surface area contributed by atoms with Gasteiger partial charge in [-0.25, -0.2) is 9.59 Å². The molecule has 0 aromatic carbocycles. The fraction of sp³-hybridized carbons (Fsp3) is 0.667. The summed E-state index contributed by atoms with van der Waals surface area (Å²) in [5.74, 6) is -2.47. The van der Waals surface area contributed by atoms with E-state index < -0.39 is 37.1 Å². The van der Waals surface area contributed by atoms with Gasteiger partial charge in [0, 0.05) is 39.1 Å². The zero-order valence-corrected chi connectivity index (χ0v) is 16.5. The Labute approximate surface area is 165 Å². The molecule has 0 amide bonds. The molecular formula is C15H21O8Y-. The molecule has 0 N–H and O–H groups in total. The first-order valence-electron chi connectivity index (χ1n) is 7.44. The Balaban J connectivity index is 0.00000529. The van der Waals surface area contributed by atoms with Crippen LogP contribution in [0, 0.1) is 6.92 Å². The maximum atomic E-state index is 11.5. The van der Waals surface area contributed by atoms with Crippen LogP contribution in [0.1, 0.15) is 39.0 Å². The van der Waals surface area contributed by atoms with Gasteiger partial charge in [-0.15, -0.1) is 0 Å². The van der Waals surface area contributed by atoms with E-state index in [9.17, 15) is 19.2 Å². The van der Waals surface area contributed by atoms with E-state index in [0.717, 1.165) is 0 Å². The average molecular weight is 418 g/mol. The summed E-state index contributed by atoms with van der Waals surface area (Å²) in [4.78, 5) is 44.3. The maximum absolute atomic E-state index is 11.5. The van der Waals surface area contributed by atoms with E-state index in [-0.39, 0.29) is 51.3 Å². The van der Waals surface area contributed by atoms with Crippen molar-refractivity contribution in [2.24, 2.45) is 0 Å². The molecule has 0 aromatic rings. The Hall–Kier alpha value is -1.15. The van der Waals surface area contributed by atoms with Crippen molar-refractivity contribution in [3.05, 3.63) is 6.92 Å². The van der Waals surface area contributed by atoms with Gasteiger partial charge in [0.2, 0.25) is 0 Å². The van der Waals surface area contributed by atoms with Crippen molar-refractivity contribution in [3.63, 3.8) is 0 Å². The second kappa shape index (κ2) is 12.2. The number of carbonyl (C=O) groups is 4. The summed E-state index contributed by atoms with van der Waals surface area (Å²) in [5.41, 5.74) is 0. The zero-order chi connectivity index (χ0) is 17.2. The first kappa shape index (κ1) is 22.9. The summed E-state index contributed by atoms with van der Waals surface area (Å²) in [6.07, 6.45) is 1.79. The van der Waals surface area contributed by atoms with E-state index in [1.165, 1.54) is 0 Å². The number of hydrogen-bond acceptors (Lipinski definition) is 8.